The van der Waals surface area contributed by atoms with E-state index in [1.165, 1.54) is 37.6 Å². The van der Waals surface area contributed by atoms with Crippen molar-refractivity contribution in [1.29, 1.82) is 0 Å². The number of nitrogens with two attached hydrogens (primary N) is 1. The molecule has 1 unspecified atom stereocenters. The SMILES string of the molecule is CCCCCCCCC(/C=N/N)c1ccc([N+](=O)[O-])cc1[N+](=O)[O-]. The second-order valence-corrected chi connectivity index (χ2v) is 5.72. The number of unbranched alkanes of at least 4 members (excludes halogenated alkanes) is 5. The van der Waals surface area contributed by atoms with Gasteiger partial charge in [-0.3, -0.25) is 20.2 Å². The maximum Gasteiger partial charge on any atom is 0.280 e. The van der Waals surface area contributed by atoms with Crippen molar-refractivity contribution < 1.29 is 9.85 Å². The van der Waals surface area contributed by atoms with Crippen molar-refractivity contribution in [2.75, 3.05) is 0 Å². The van der Waals surface area contributed by atoms with E-state index in [1.807, 2.05) is 0 Å². The molecule has 132 valence electrons. The van der Waals surface area contributed by atoms with Crippen molar-refractivity contribution in [1.82, 2.24) is 0 Å². The zero-order valence-corrected chi connectivity index (χ0v) is 13.9. The minimum atomic E-state index is -0.642. The third-order valence-corrected chi connectivity index (χ3v) is 3.96. The summed E-state index contributed by atoms with van der Waals surface area (Å²) >= 11 is 0. The number of nitro benzene ring substituents is 2. The van der Waals surface area contributed by atoms with E-state index in [0.717, 1.165) is 25.3 Å². The molecule has 0 aromatic heterocycles. The molecule has 1 aromatic carbocycles. The highest BCUT2D eigenvalue weighted by atomic mass is 16.6. The van der Waals surface area contributed by atoms with Gasteiger partial charge in [0.25, 0.3) is 11.4 Å². The van der Waals surface area contributed by atoms with Gasteiger partial charge in [0, 0.05) is 23.8 Å². The van der Waals surface area contributed by atoms with Crippen LogP contribution >= 0.6 is 0 Å². The maximum atomic E-state index is 11.3. The first-order chi connectivity index (χ1) is 11.5. The molecule has 0 saturated carbocycles. The number of hydrazone groups is 1. The summed E-state index contributed by atoms with van der Waals surface area (Å²) in [6.45, 7) is 2.15. The standard InChI is InChI=1S/C16H24N4O4/c1-2-3-4-5-6-7-8-13(12-18-17)15-10-9-14(19(21)22)11-16(15)20(23)24/h9-13H,2-8,17H2,1H3/b18-12+. The first-order valence-corrected chi connectivity index (χ1v) is 8.17. The van der Waals surface area contributed by atoms with Gasteiger partial charge < -0.3 is 5.84 Å². The average molecular weight is 336 g/mol. The second kappa shape index (κ2) is 10.3. The third kappa shape index (κ3) is 5.94. The fourth-order valence-corrected chi connectivity index (χ4v) is 2.68. The van der Waals surface area contributed by atoms with Crippen molar-refractivity contribution in [3.63, 3.8) is 0 Å². The van der Waals surface area contributed by atoms with E-state index in [-0.39, 0.29) is 17.3 Å². The molecule has 1 rings (SSSR count). The van der Waals surface area contributed by atoms with Crippen LogP contribution < -0.4 is 5.84 Å². The predicted molar refractivity (Wildman–Crippen MR) is 93.2 cm³/mol. The van der Waals surface area contributed by atoms with E-state index >= 15 is 0 Å². The molecule has 2 N–H and O–H groups in total. The minimum absolute atomic E-state index is 0.264. The van der Waals surface area contributed by atoms with Crippen molar-refractivity contribution in [3.8, 4) is 0 Å². The van der Waals surface area contributed by atoms with Gasteiger partial charge in [0.05, 0.1) is 15.9 Å². The van der Waals surface area contributed by atoms with Gasteiger partial charge in [-0.05, 0) is 12.5 Å². The van der Waals surface area contributed by atoms with E-state index in [0.29, 0.717) is 12.0 Å². The van der Waals surface area contributed by atoms with Crippen LogP contribution in [0.2, 0.25) is 0 Å². The van der Waals surface area contributed by atoms with Crippen LogP contribution in [-0.4, -0.2) is 16.1 Å². The first-order valence-electron chi connectivity index (χ1n) is 8.17. The van der Waals surface area contributed by atoms with Crippen molar-refractivity contribution in [2.45, 2.75) is 57.8 Å². The van der Waals surface area contributed by atoms with Crippen LogP contribution in [0.25, 0.3) is 0 Å². The molecule has 0 heterocycles. The van der Waals surface area contributed by atoms with Gasteiger partial charge >= 0.3 is 0 Å². The topological polar surface area (TPSA) is 125 Å². The Kier molecular flexibility index (Phi) is 8.38. The smallest absolute Gasteiger partial charge is 0.280 e. The van der Waals surface area contributed by atoms with Crippen molar-refractivity contribution in [3.05, 3.63) is 44.0 Å². The lowest BCUT2D eigenvalue weighted by atomic mass is 9.92. The number of non-ortho nitro benzene ring substituents is 1. The van der Waals surface area contributed by atoms with Crippen LogP contribution in [0.15, 0.2) is 23.3 Å². The zero-order valence-electron chi connectivity index (χ0n) is 13.9. The van der Waals surface area contributed by atoms with Crippen LogP contribution in [0.4, 0.5) is 11.4 Å². The van der Waals surface area contributed by atoms with E-state index in [4.69, 9.17) is 5.84 Å². The molecule has 1 atom stereocenters. The van der Waals surface area contributed by atoms with Gasteiger partial charge in [-0.1, -0.05) is 45.4 Å². The Labute approximate surface area is 141 Å². The summed E-state index contributed by atoms with van der Waals surface area (Å²) in [5.41, 5.74) is -0.151. The van der Waals surface area contributed by atoms with Gasteiger partial charge in [-0.2, -0.15) is 5.10 Å². The number of hydrogen-bond acceptors (Lipinski definition) is 6. The van der Waals surface area contributed by atoms with Gasteiger partial charge in [0.1, 0.15) is 0 Å². The molecule has 0 radical (unpaired) electrons. The quantitative estimate of drug-likeness (QED) is 0.212. The number of nitro groups is 2. The van der Waals surface area contributed by atoms with Crippen LogP contribution in [0.5, 0.6) is 0 Å². The highest BCUT2D eigenvalue weighted by molar-refractivity contribution is 5.71. The Morgan fingerprint density at radius 1 is 1.12 bits per heavy atom. The Morgan fingerprint density at radius 3 is 2.38 bits per heavy atom. The maximum absolute atomic E-state index is 11.3. The minimum Gasteiger partial charge on any atom is -0.324 e. The summed E-state index contributed by atoms with van der Waals surface area (Å²) in [6.07, 6.45) is 8.78. The van der Waals surface area contributed by atoms with Crippen molar-refractivity contribution >= 4 is 17.6 Å². The lowest BCUT2D eigenvalue weighted by Gasteiger charge is -2.12. The molecule has 0 aliphatic rings. The van der Waals surface area contributed by atoms with Crippen LogP contribution in [0, 0.1) is 20.2 Å². The Bertz CT molecular complexity index is 589. The molecular formula is C16H24N4O4. The van der Waals surface area contributed by atoms with E-state index in [9.17, 15) is 20.2 Å². The Hall–Kier alpha value is -2.51. The summed E-state index contributed by atoms with van der Waals surface area (Å²) in [5.74, 6) is 4.92. The molecule has 0 amide bonds. The number of nitrogens with zero attached hydrogens (tertiary/aromatic N) is 3. The molecule has 0 bridgehead atoms. The van der Waals surface area contributed by atoms with Crippen LogP contribution in [0.3, 0.4) is 0 Å². The van der Waals surface area contributed by atoms with Gasteiger partial charge in [-0.15, -0.1) is 0 Å². The molecule has 1 aromatic rings. The summed E-state index contributed by atoms with van der Waals surface area (Å²) < 4.78 is 0. The van der Waals surface area contributed by atoms with Gasteiger partial charge in [0.15, 0.2) is 0 Å². The third-order valence-electron chi connectivity index (χ3n) is 3.96. The second-order valence-electron chi connectivity index (χ2n) is 5.72. The largest absolute Gasteiger partial charge is 0.324 e. The summed E-state index contributed by atoms with van der Waals surface area (Å²) in [6, 6.07) is 3.70. The first kappa shape index (κ1) is 19.5. The summed E-state index contributed by atoms with van der Waals surface area (Å²) in [7, 11) is 0. The molecule has 24 heavy (non-hydrogen) atoms. The summed E-state index contributed by atoms with van der Waals surface area (Å²) in [4.78, 5) is 20.8. The summed E-state index contributed by atoms with van der Waals surface area (Å²) in [5, 5.41) is 25.6. The highest BCUT2D eigenvalue weighted by Crippen LogP contribution is 2.32. The van der Waals surface area contributed by atoms with E-state index < -0.39 is 9.85 Å². The van der Waals surface area contributed by atoms with E-state index in [2.05, 4.69) is 12.0 Å². The lowest BCUT2D eigenvalue weighted by molar-refractivity contribution is -0.394. The Morgan fingerprint density at radius 2 is 1.79 bits per heavy atom. The molecule has 8 nitrogen and oxygen atoms in total. The van der Waals surface area contributed by atoms with Gasteiger partial charge in [-0.25, -0.2) is 0 Å². The average Bonchev–Trinajstić information content (AvgIpc) is 2.56. The number of rotatable bonds is 11. The molecular weight excluding hydrogens is 312 g/mol. The predicted octanol–water partition coefficient (Wildman–Crippen LogP) is 4.28. The van der Waals surface area contributed by atoms with Crippen molar-refractivity contribution in [2.24, 2.45) is 10.9 Å². The van der Waals surface area contributed by atoms with Gasteiger partial charge in [0.2, 0.25) is 0 Å². The van der Waals surface area contributed by atoms with Crippen LogP contribution in [-0.2, 0) is 0 Å². The number of hydrogen-bond donors (Lipinski definition) is 1. The molecule has 0 spiro atoms. The Balaban J connectivity index is 2.87. The van der Waals surface area contributed by atoms with Crippen LogP contribution in [0.1, 0.15) is 63.4 Å². The molecule has 0 aliphatic heterocycles. The fourth-order valence-electron chi connectivity index (χ4n) is 2.68. The lowest BCUT2D eigenvalue weighted by Crippen LogP contribution is -2.07. The molecule has 0 saturated heterocycles. The highest BCUT2D eigenvalue weighted by Gasteiger charge is 2.24. The van der Waals surface area contributed by atoms with E-state index in [1.54, 1.807) is 0 Å². The molecule has 8 heteroatoms. The zero-order chi connectivity index (χ0) is 17.9. The molecule has 0 aliphatic carbocycles. The normalized spacial score (nSPS) is 12.4. The molecule has 0 fully saturated rings. The fraction of sp³-hybridized carbons (Fsp3) is 0.562. The monoisotopic (exact) mass is 336 g/mol. The number of benzene rings is 1.